The maximum absolute atomic E-state index is 12.6. The van der Waals surface area contributed by atoms with E-state index in [-0.39, 0.29) is 6.61 Å². The van der Waals surface area contributed by atoms with Crippen LogP contribution < -0.4 is 5.32 Å². The molecule has 0 saturated heterocycles. The third-order valence-corrected chi connectivity index (χ3v) is 4.47. The van der Waals surface area contributed by atoms with E-state index in [1.165, 1.54) is 4.68 Å². The van der Waals surface area contributed by atoms with E-state index in [9.17, 15) is 4.79 Å². The Morgan fingerprint density at radius 2 is 1.79 bits per heavy atom. The highest BCUT2D eigenvalue weighted by atomic mass is 16.7. The monoisotopic (exact) mass is 467 g/mol. The molecule has 34 heavy (non-hydrogen) atoms. The van der Waals surface area contributed by atoms with Gasteiger partial charge in [0.15, 0.2) is 12.3 Å². The quantitative estimate of drug-likeness (QED) is 0.231. The highest BCUT2D eigenvalue weighted by molar-refractivity contribution is 6.10. The van der Waals surface area contributed by atoms with Gasteiger partial charge in [-0.2, -0.15) is 0 Å². The number of hydrogen-bond donors (Lipinski definition) is 1. The Bertz CT molecular complexity index is 1060. The number of nitrogens with zero attached hydrogens (tertiary/aromatic N) is 6. The number of aromatic nitrogens is 5. The number of aryl methyl sites for hydroxylation is 1. The molecule has 11 heteroatoms. The number of rotatable bonds is 13. The zero-order chi connectivity index (χ0) is 24.2. The van der Waals surface area contributed by atoms with Crippen LogP contribution >= 0.6 is 0 Å². The van der Waals surface area contributed by atoms with E-state index in [0.717, 1.165) is 18.4 Å². The first kappa shape index (κ1) is 24.9. The van der Waals surface area contributed by atoms with E-state index in [4.69, 9.17) is 14.3 Å². The summed E-state index contributed by atoms with van der Waals surface area (Å²) in [6.45, 7) is 4.85. The molecule has 3 rings (SSSR count). The lowest BCUT2D eigenvalue weighted by molar-refractivity contribution is -0.167. The number of carbonyl (C=O) groups is 1. The summed E-state index contributed by atoms with van der Waals surface area (Å²) in [5.41, 5.74) is 1.87. The molecule has 0 spiro atoms. The molecule has 0 aliphatic carbocycles. The fourth-order valence-electron chi connectivity index (χ4n) is 2.88. The van der Waals surface area contributed by atoms with Crippen LogP contribution in [0.3, 0.4) is 0 Å². The van der Waals surface area contributed by atoms with E-state index in [2.05, 4.69) is 31.0 Å². The number of carbonyl (C=O) groups excluding carboxylic acids is 1. The van der Waals surface area contributed by atoms with Crippen molar-refractivity contribution in [3.05, 3.63) is 65.6 Å². The number of benzene rings is 1. The van der Waals surface area contributed by atoms with Gasteiger partial charge in [-0.15, -0.1) is 5.10 Å². The van der Waals surface area contributed by atoms with Crippen LogP contribution in [0.5, 0.6) is 0 Å². The average Bonchev–Trinajstić information content (AvgIpc) is 3.28. The van der Waals surface area contributed by atoms with Gasteiger partial charge in [-0.25, -0.2) is 9.67 Å². The summed E-state index contributed by atoms with van der Waals surface area (Å²) < 4.78 is 12.5. The molecular weight excluding hydrogens is 438 g/mol. The van der Waals surface area contributed by atoms with Crippen molar-refractivity contribution in [1.82, 2.24) is 25.2 Å². The number of tetrazole rings is 1. The van der Waals surface area contributed by atoms with Gasteiger partial charge in [-0.3, -0.25) is 4.79 Å². The Labute approximate surface area is 198 Å². The molecule has 1 amide bonds. The molecule has 0 radical (unpaired) electrons. The molecule has 0 unspecified atom stereocenters. The fraction of sp³-hybridized carbons (Fsp3) is 0.391. The molecule has 2 heterocycles. The Kier molecular flexibility index (Phi) is 9.62. The van der Waals surface area contributed by atoms with Gasteiger partial charge in [0.1, 0.15) is 5.82 Å². The fourth-order valence-corrected chi connectivity index (χ4v) is 2.88. The summed E-state index contributed by atoms with van der Waals surface area (Å²) in [7, 11) is 1.73. The number of oxime groups is 1. The van der Waals surface area contributed by atoms with Gasteiger partial charge in [0, 0.05) is 12.6 Å². The second kappa shape index (κ2) is 13.1. The summed E-state index contributed by atoms with van der Waals surface area (Å²) in [5, 5.41) is 18.6. The third-order valence-electron chi connectivity index (χ3n) is 4.47. The molecule has 180 valence electrons. The Morgan fingerprint density at radius 1 is 1.06 bits per heavy atom. The molecule has 0 aliphatic rings. The molecule has 0 aliphatic heterocycles. The molecule has 2 aromatic heterocycles. The number of pyridine rings is 1. The minimum Gasteiger partial charge on any atom is -0.389 e. The lowest BCUT2D eigenvalue weighted by atomic mass is 10.1. The molecule has 0 atom stereocenters. The number of nitrogens with one attached hydrogen (secondary N) is 1. The van der Waals surface area contributed by atoms with Gasteiger partial charge >= 0.3 is 0 Å². The molecule has 3 aromatic rings. The third kappa shape index (κ3) is 7.15. The molecule has 1 aromatic carbocycles. The average molecular weight is 468 g/mol. The molecular formula is C23H29N7O4. The van der Waals surface area contributed by atoms with Crippen LogP contribution in [0, 0.1) is 0 Å². The summed E-state index contributed by atoms with van der Waals surface area (Å²) >= 11 is 0. The van der Waals surface area contributed by atoms with Gasteiger partial charge in [0.25, 0.3) is 5.91 Å². The molecule has 1 N–H and O–H groups in total. The van der Waals surface area contributed by atoms with Gasteiger partial charge < -0.3 is 19.6 Å². The first-order chi connectivity index (χ1) is 16.6. The van der Waals surface area contributed by atoms with Gasteiger partial charge in [-0.1, -0.05) is 55.4 Å². The predicted octanol–water partition coefficient (Wildman–Crippen LogP) is 2.69. The molecule has 0 bridgehead atoms. The zero-order valence-electron chi connectivity index (χ0n) is 19.5. The van der Waals surface area contributed by atoms with Crippen molar-refractivity contribution in [2.45, 2.75) is 39.6 Å². The van der Waals surface area contributed by atoms with Gasteiger partial charge in [-0.05, 0) is 35.4 Å². The largest absolute Gasteiger partial charge is 0.389 e. The standard InChI is InChI=1S/C23H29N7O4/c1-4-14-32-23(33-15-5-2)22(31)25-19-13-9-12-18(24-19)16-34-27-20(17-10-7-6-8-11-17)21-26-28-29-30(21)3/h6-13,23H,4-5,14-16H2,1-3H3,(H,24,25,31). The van der Waals surface area contributed by atoms with E-state index in [0.29, 0.717) is 36.3 Å². The molecule has 0 saturated carbocycles. The highest BCUT2D eigenvalue weighted by Gasteiger charge is 2.20. The van der Waals surface area contributed by atoms with Crippen LogP contribution in [0.15, 0.2) is 53.7 Å². The Balaban J connectivity index is 1.68. The van der Waals surface area contributed by atoms with Crippen molar-refractivity contribution < 1.29 is 19.1 Å². The number of anilines is 1. The van der Waals surface area contributed by atoms with Crippen LogP contribution in [0.2, 0.25) is 0 Å². The maximum atomic E-state index is 12.6. The van der Waals surface area contributed by atoms with Crippen molar-refractivity contribution in [3.8, 4) is 0 Å². The predicted molar refractivity (Wildman–Crippen MR) is 125 cm³/mol. The topological polar surface area (TPSA) is 126 Å². The summed E-state index contributed by atoms with van der Waals surface area (Å²) in [5.74, 6) is 0.415. The second-order valence-corrected chi connectivity index (χ2v) is 7.28. The van der Waals surface area contributed by atoms with Crippen LogP contribution in [0.25, 0.3) is 0 Å². The first-order valence-electron chi connectivity index (χ1n) is 11.1. The smallest absolute Gasteiger partial charge is 0.282 e. The van der Waals surface area contributed by atoms with E-state index in [1.807, 2.05) is 44.2 Å². The SMILES string of the molecule is CCCOC(OCCC)C(=O)Nc1cccc(CON=C(c2ccccc2)c2nnnn2C)n1. The zero-order valence-corrected chi connectivity index (χ0v) is 19.5. The Hall–Kier alpha value is -3.70. The van der Waals surface area contributed by atoms with Crippen LogP contribution in [-0.4, -0.2) is 56.3 Å². The number of hydrogen-bond acceptors (Lipinski definition) is 9. The summed E-state index contributed by atoms with van der Waals surface area (Å²) in [6.07, 6.45) is 0.570. The van der Waals surface area contributed by atoms with Crippen LogP contribution in [0.4, 0.5) is 5.82 Å². The van der Waals surface area contributed by atoms with Gasteiger partial charge in [0.05, 0.1) is 18.9 Å². The molecule has 11 nitrogen and oxygen atoms in total. The lowest BCUT2D eigenvalue weighted by Crippen LogP contribution is -2.34. The van der Waals surface area contributed by atoms with E-state index < -0.39 is 12.2 Å². The lowest BCUT2D eigenvalue weighted by Gasteiger charge is -2.17. The van der Waals surface area contributed by atoms with Crippen molar-refractivity contribution >= 4 is 17.4 Å². The first-order valence-corrected chi connectivity index (χ1v) is 11.1. The van der Waals surface area contributed by atoms with E-state index in [1.54, 1.807) is 25.2 Å². The van der Waals surface area contributed by atoms with Crippen LogP contribution in [-0.2, 0) is 32.8 Å². The minimum atomic E-state index is -0.986. The highest BCUT2D eigenvalue weighted by Crippen LogP contribution is 2.11. The van der Waals surface area contributed by atoms with Crippen LogP contribution in [0.1, 0.15) is 43.8 Å². The van der Waals surface area contributed by atoms with Crippen molar-refractivity contribution in [2.75, 3.05) is 18.5 Å². The summed E-state index contributed by atoms with van der Waals surface area (Å²) in [4.78, 5) is 22.6. The summed E-state index contributed by atoms with van der Waals surface area (Å²) in [6, 6.07) is 14.7. The van der Waals surface area contributed by atoms with Gasteiger partial charge in [0.2, 0.25) is 12.1 Å². The normalized spacial score (nSPS) is 11.6. The molecule has 0 fully saturated rings. The van der Waals surface area contributed by atoms with Crippen molar-refractivity contribution in [2.24, 2.45) is 12.2 Å². The maximum Gasteiger partial charge on any atom is 0.282 e. The van der Waals surface area contributed by atoms with Crippen molar-refractivity contribution in [1.29, 1.82) is 0 Å². The second-order valence-electron chi connectivity index (χ2n) is 7.28. The van der Waals surface area contributed by atoms with Crippen molar-refractivity contribution in [3.63, 3.8) is 0 Å². The Morgan fingerprint density at radius 3 is 2.44 bits per heavy atom. The number of ether oxygens (including phenoxy) is 2. The number of amides is 1. The minimum absolute atomic E-state index is 0.0768. The van der Waals surface area contributed by atoms with E-state index >= 15 is 0 Å².